The van der Waals surface area contributed by atoms with Crippen molar-refractivity contribution in [3.63, 3.8) is 0 Å². The van der Waals surface area contributed by atoms with Crippen LogP contribution in [0, 0.1) is 0 Å². The number of hydrogen-bond donors (Lipinski definition) is 2. The van der Waals surface area contributed by atoms with Crippen LogP contribution in [0.3, 0.4) is 0 Å². The average molecular weight is 211 g/mol. The summed E-state index contributed by atoms with van der Waals surface area (Å²) in [5.41, 5.74) is 0.915. The van der Waals surface area contributed by atoms with Gasteiger partial charge in [-0.05, 0) is 18.5 Å². The molecule has 1 aliphatic heterocycles. The summed E-state index contributed by atoms with van der Waals surface area (Å²) in [6.07, 6.45) is 1.22. The minimum atomic E-state index is -3.03. The number of rotatable bonds is 1. The molecule has 1 unspecified atom stereocenters. The maximum Gasteiger partial charge on any atom is 0.221 e. The Morgan fingerprint density at radius 3 is 2.71 bits per heavy atom. The molecule has 0 aliphatic carbocycles. The molecular weight excluding hydrogens is 197 g/mol. The van der Waals surface area contributed by atoms with Crippen molar-refractivity contribution in [3.8, 4) is 0 Å². The number of hydrogen-bond acceptors (Lipinski definition) is 2. The zero-order chi connectivity index (χ0) is 10.0. The van der Waals surface area contributed by atoms with Crippen LogP contribution in [0.25, 0.3) is 0 Å². The highest BCUT2D eigenvalue weighted by molar-refractivity contribution is 7.58. The van der Waals surface area contributed by atoms with Gasteiger partial charge in [0, 0.05) is 6.16 Å². The predicted octanol–water partition coefficient (Wildman–Crippen LogP) is 1.95. The highest BCUT2D eigenvalue weighted by atomic mass is 31.2. The summed E-state index contributed by atoms with van der Waals surface area (Å²) in [4.78, 5) is 9.78. The standard InChI is InChI=1S/C10H14NO2P/c12-14(13)8-4-7-11-10(14)9-5-2-1-3-6-9/h1-3,5-6,10-11H,4,7-8H2,(H,12,13)/t10-/m1/s1. The van der Waals surface area contributed by atoms with Gasteiger partial charge < -0.3 is 10.2 Å². The van der Waals surface area contributed by atoms with Gasteiger partial charge in [-0.2, -0.15) is 0 Å². The van der Waals surface area contributed by atoms with Crippen molar-refractivity contribution in [2.45, 2.75) is 12.2 Å². The van der Waals surface area contributed by atoms with Crippen LogP contribution in [0.2, 0.25) is 0 Å². The minimum Gasteiger partial charge on any atom is -0.343 e. The molecule has 1 fully saturated rings. The monoisotopic (exact) mass is 211 g/mol. The molecule has 4 heteroatoms. The van der Waals surface area contributed by atoms with Crippen LogP contribution in [0.5, 0.6) is 0 Å². The van der Waals surface area contributed by atoms with Gasteiger partial charge in [0.2, 0.25) is 7.37 Å². The van der Waals surface area contributed by atoms with E-state index in [9.17, 15) is 9.46 Å². The first-order valence-electron chi connectivity index (χ1n) is 4.80. The summed E-state index contributed by atoms with van der Waals surface area (Å²) in [6, 6.07) is 9.49. The van der Waals surface area contributed by atoms with Crippen LogP contribution < -0.4 is 5.32 Å². The molecule has 1 saturated heterocycles. The predicted molar refractivity (Wildman–Crippen MR) is 56.5 cm³/mol. The van der Waals surface area contributed by atoms with Crippen molar-refractivity contribution in [3.05, 3.63) is 35.9 Å². The summed E-state index contributed by atoms with van der Waals surface area (Å²) in [6.45, 7) is 0.824. The number of nitrogens with one attached hydrogen (secondary N) is 1. The summed E-state index contributed by atoms with van der Waals surface area (Å²) in [5.74, 6) is -0.363. The van der Waals surface area contributed by atoms with E-state index < -0.39 is 7.37 Å². The highest BCUT2D eigenvalue weighted by Gasteiger charge is 2.34. The molecule has 1 aliphatic rings. The van der Waals surface area contributed by atoms with Crippen LogP contribution in [-0.2, 0) is 4.57 Å². The molecule has 1 aromatic rings. The van der Waals surface area contributed by atoms with Crippen LogP contribution in [0.4, 0.5) is 0 Å². The Morgan fingerprint density at radius 1 is 1.36 bits per heavy atom. The second kappa shape index (κ2) is 3.85. The molecule has 0 amide bonds. The van der Waals surface area contributed by atoms with E-state index in [1.807, 2.05) is 30.3 Å². The Bertz CT molecular complexity index is 352. The second-order valence-electron chi connectivity index (χ2n) is 3.60. The van der Waals surface area contributed by atoms with E-state index in [4.69, 9.17) is 0 Å². The molecule has 0 spiro atoms. The van der Waals surface area contributed by atoms with Gasteiger partial charge in [-0.1, -0.05) is 30.3 Å². The lowest BCUT2D eigenvalue weighted by molar-refractivity contribution is 0.430. The number of benzene rings is 1. The van der Waals surface area contributed by atoms with E-state index >= 15 is 0 Å². The van der Waals surface area contributed by atoms with Gasteiger partial charge in [0.1, 0.15) is 5.78 Å². The van der Waals surface area contributed by atoms with Crippen molar-refractivity contribution < 1.29 is 9.46 Å². The lowest BCUT2D eigenvalue weighted by Crippen LogP contribution is -2.28. The summed E-state index contributed by atoms with van der Waals surface area (Å²) < 4.78 is 11.9. The van der Waals surface area contributed by atoms with Crippen molar-refractivity contribution in [1.82, 2.24) is 5.32 Å². The molecule has 0 aromatic heterocycles. The van der Waals surface area contributed by atoms with Gasteiger partial charge in [-0.25, -0.2) is 0 Å². The molecule has 14 heavy (non-hydrogen) atoms. The quantitative estimate of drug-likeness (QED) is 0.698. The van der Waals surface area contributed by atoms with E-state index in [-0.39, 0.29) is 5.78 Å². The smallest absolute Gasteiger partial charge is 0.221 e. The lowest BCUT2D eigenvalue weighted by Gasteiger charge is -2.29. The molecule has 0 saturated carbocycles. The Morgan fingerprint density at radius 2 is 2.07 bits per heavy atom. The molecule has 0 radical (unpaired) electrons. The lowest BCUT2D eigenvalue weighted by atomic mass is 10.2. The van der Waals surface area contributed by atoms with Gasteiger partial charge in [0.15, 0.2) is 0 Å². The third kappa shape index (κ3) is 1.90. The first kappa shape index (κ1) is 9.91. The molecule has 0 bridgehead atoms. The molecular formula is C10H14NO2P. The van der Waals surface area contributed by atoms with E-state index in [1.54, 1.807) is 0 Å². The zero-order valence-electron chi connectivity index (χ0n) is 7.89. The van der Waals surface area contributed by atoms with Crippen LogP contribution in [0.15, 0.2) is 30.3 Å². The van der Waals surface area contributed by atoms with Crippen molar-refractivity contribution >= 4 is 7.37 Å². The van der Waals surface area contributed by atoms with Gasteiger partial charge in [-0.15, -0.1) is 0 Å². The average Bonchev–Trinajstić information content (AvgIpc) is 2.18. The van der Waals surface area contributed by atoms with Crippen LogP contribution in [-0.4, -0.2) is 17.6 Å². The van der Waals surface area contributed by atoms with Crippen molar-refractivity contribution in [2.75, 3.05) is 12.7 Å². The largest absolute Gasteiger partial charge is 0.343 e. The molecule has 2 rings (SSSR count). The fraction of sp³-hybridized carbons (Fsp3) is 0.400. The normalized spacial score (nSPS) is 32.8. The fourth-order valence-corrected chi connectivity index (χ4v) is 3.72. The summed E-state index contributed by atoms with van der Waals surface area (Å²) in [7, 11) is -3.03. The van der Waals surface area contributed by atoms with Crippen molar-refractivity contribution in [1.29, 1.82) is 0 Å². The van der Waals surface area contributed by atoms with Crippen LogP contribution >= 0.6 is 7.37 Å². The summed E-state index contributed by atoms with van der Waals surface area (Å²) in [5, 5.41) is 3.11. The molecule has 1 heterocycles. The Labute approximate surface area is 83.6 Å². The first-order chi connectivity index (χ1) is 6.70. The third-order valence-corrected chi connectivity index (χ3v) is 4.76. The Kier molecular flexibility index (Phi) is 2.73. The molecule has 1 aromatic carbocycles. The molecule has 3 nitrogen and oxygen atoms in total. The van der Waals surface area contributed by atoms with Crippen molar-refractivity contribution in [2.24, 2.45) is 0 Å². The summed E-state index contributed by atoms with van der Waals surface area (Å²) >= 11 is 0. The van der Waals surface area contributed by atoms with Gasteiger partial charge in [0.05, 0.1) is 0 Å². The maximum absolute atomic E-state index is 11.9. The van der Waals surface area contributed by atoms with E-state index in [1.165, 1.54) is 0 Å². The zero-order valence-corrected chi connectivity index (χ0v) is 8.78. The highest BCUT2D eigenvalue weighted by Crippen LogP contribution is 2.55. The topological polar surface area (TPSA) is 49.3 Å². The minimum absolute atomic E-state index is 0.363. The molecule has 2 N–H and O–H groups in total. The van der Waals surface area contributed by atoms with Gasteiger partial charge >= 0.3 is 0 Å². The SMILES string of the molecule is O=P1(O)CCCN[C@H]1c1ccccc1. The molecule has 2 atom stereocenters. The first-order valence-corrected chi connectivity index (χ1v) is 6.71. The molecule has 76 valence electrons. The van der Waals surface area contributed by atoms with E-state index in [0.717, 1.165) is 18.5 Å². The van der Waals surface area contributed by atoms with E-state index in [2.05, 4.69) is 5.32 Å². The van der Waals surface area contributed by atoms with E-state index in [0.29, 0.717) is 6.16 Å². The third-order valence-electron chi connectivity index (χ3n) is 2.51. The maximum atomic E-state index is 11.9. The fourth-order valence-electron chi connectivity index (χ4n) is 1.80. The van der Waals surface area contributed by atoms with Crippen LogP contribution in [0.1, 0.15) is 17.8 Å². The second-order valence-corrected chi connectivity index (χ2v) is 6.07. The van der Waals surface area contributed by atoms with Gasteiger partial charge in [0.25, 0.3) is 0 Å². The van der Waals surface area contributed by atoms with Gasteiger partial charge in [-0.3, -0.25) is 4.57 Å². The Hall–Kier alpha value is -0.630. The Balaban J connectivity index is 2.29.